The highest BCUT2D eigenvalue weighted by Crippen LogP contribution is 2.17. The largest absolute Gasteiger partial charge is 0.469 e. The van der Waals surface area contributed by atoms with Crippen LogP contribution in [0.4, 0.5) is 8.78 Å². The first-order valence-corrected chi connectivity index (χ1v) is 7.11. The van der Waals surface area contributed by atoms with Crippen molar-refractivity contribution in [3.05, 3.63) is 53.5 Å². The zero-order valence-corrected chi connectivity index (χ0v) is 11.5. The van der Waals surface area contributed by atoms with Gasteiger partial charge >= 0.3 is 0 Å². The number of aryl methyl sites for hydroxylation is 1. The van der Waals surface area contributed by atoms with Crippen molar-refractivity contribution in [3.8, 4) is 0 Å². The van der Waals surface area contributed by atoms with Gasteiger partial charge in [0.2, 0.25) is 0 Å². The third-order valence-corrected chi connectivity index (χ3v) is 3.89. The maximum Gasteiger partial charge on any atom is 0.269 e. The number of hydrogen-bond acceptors (Lipinski definition) is 4. The fourth-order valence-corrected chi connectivity index (χ4v) is 2.57. The minimum Gasteiger partial charge on any atom is -0.469 e. The minimum atomic E-state index is -4.58. The summed E-state index contributed by atoms with van der Waals surface area (Å²) in [7, 11) is -4.58. The van der Waals surface area contributed by atoms with Crippen LogP contribution in [0, 0.1) is 18.6 Å². The summed E-state index contributed by atoms with van der Waals surface area (Å²) in [5.74, 6) is -3.09. The molecule has 0 aliphatic heterocycles. The number of hydrogen-bond donors (Lipinski definition) is 2. The highest BCUT2D eigenvalue weighted by atomic mass is 32.2. The van der Waals surface area contributed by atoms with E-state index in [2.05, 4.69) is 0 Å². The van der Waals surface area contributed by atoms with Crippen LogP contribution < -0.4 is 10.3 Å². The maximum absolute atomic E-state index is 13.4. The van der Waals surface area contributed by atoms with Crippen LogP contribution in [0.2, 0.25) is 0 Å². The summed E-state index contributed by atoms with van der Waals surface area (Å²) in [6.45, 7) is 1.50. The number of sulfonamides is 1. The topological polar surface area (TPSA) is 88.4 Å². The minimum absolute atomic E-state index is 0.0895. The summed E-state index contributed by atoms with van der Waals surface area (Å²) in [6, 6.07) is 3.93. The molecule has 1 heterocycles. The molecular weight excluding hydrogens is 306 g/mol. The van der Waals surface area contributed by atoms with Crippen molar-refractivity contribution in [1.82, 2.24) is 10.3 Å². The molecule has 1 aromatic carbocycles. The summed E-state index contributed by atoms with van der Waals surface area (Å²) in [5.41, 5.74) is 1.94. The SMILES string of the molecule is Cc1occc1C(=O)NNS(=O)(=O)c1c(F)cccc1F. The van der Waals surface area contributed by atoms with Crippen molar-refractivity contribution >= 4 is 15.9 Å². The van der Waals surface area contributed by atoms with Crippen molar-refractivity contribution in [2.45, 2.75) is 11.8 Å². The third kappa shape index (κ3) is 3.09. The third-order valence-electron chi connectivity index (χ3n) is 2.59. The molecule has 2 N–H and O–H groups in total. The van der Waals surface area contributed by atoms with Gasteiger partial charge < -0.3 is 4.42 Å². The summed E-state index contributed by atoms with van der Waals surface area (Å²) >= 11 is 0. The highest BCUT2D eigenvalue weighted by molar-refractivity contribution is 7.89. The van der Waals surface area contributed by atoms with Crippen molar-refractivity contribution in [2.24, 2.45) is 0 Å². The molecule has 0 atom stereocenters. The van der Waals surface area contributed by atoms with Crippen LogP contribution in [-0.2, 0) is 10.0 Å². The molecule has 0 saturated carbocycles. The molecule has 9 heteroatoms. The summed E-state index contributed by atoms with van der Waals surface area (Å²) in [6.07, 6.45) is 1.25. The van der Waals surface area contributed by atoms with Gasteiger partial charge in [-0.2, -0.15) is 0 Å². The molecule has 112 valence electrons. The van der Waals surface area contributed by atoms with Crippen LogP contribution in [0.5, 0.6) is 0 Å². The zero-order chi connectivity index (χ0) is 15.6. The lowest BCUT2D eigenvalue weighted by molar-refractivity contribution is 0.0943. The van der Waals surface area contributed by atoms with Crippen LogP contribution >= 0.6 is 0 Å². The van der Waals surface area contributed by atoms with E-state index in [0.717, 1.165) is 18.2 Å². The van der Waals surface area contributed by atoms with E-state index in [1.54, 1.807) is 4.83 Å². The Labute approximate surface area is 118 Å². The molecule has 2 rings (SSSR count). The van der Waals surface area contributed by atoms with Crippen molar-refractivity contribution in [3.63, 3.8) is 0 Å². The Hall–Kier alpha value is -2.26. The maximum atomic E-state index is 13.4. The van der Waals surface area contributed by atoms with Gasteiger partial charge in [0.25, 0.3) is 15.9 Å². The summed E-state index contributed by atoms with van der Waals surface area (Å²) < 4.78 is 55.3. The van der Waals surface area contributed by atoms with E-state index in [-0.39, 0.29) is 11.3 Å². The zero-order valence-electron chi connectivity index (χ0n) is 10.7. The average molecular weight is 316 g/mol. The van der Waals surface area contributed by atoms with Crippen LogP contribution in [0.3, 0.4) is 0 Å². The normalized spacial score (nSPS) is 11.4. The van der Waals surface area contributed by atoms with Gasteiger partial charge in [0.15, 0.2) is 4.90 Å². The number of carbonyl (C=O) groups is 1. The van der Waals surface area contributed by atoms with Gasteiger partial charge in [0, 0.05) is 0 Å². The molecule has 0 fully saturated rings. The van der Waals surface area contributed by atoms with Crippen molar-refractivity contribution in [1.29, 1.82) is 0 Å². The molecule has 0 bridgehead atoms. The monoisotopic (exact) mass is 316 g/mol. The van der Waals surface area contributed by atoms with Crippen LogP contribution in [0.25, 0.3) is 0 Å². The fraction of sp³-hybridized carbons (Fsp3) is 0.0833. The van der Waals surface area contributed by atoms with E-state index in [9.17, 15) is 22.0 Å². The number of benzene rings is 1. The Morgan fingerprint density at radius 1 is 1.19 bits per heavy atom. The van der Waals surface area contributed by atoms with Crippen LogP contribution in [-0.4, -0.2) is 14.3 Å². The first-order valence-electron chi connectivity index (χ1n) is 5.63. The predicted octanol–water partition coefficient (Wildman–Crippen LogP) is 1.49. The molecule has 0 spiro atoms. The second kappa shape index (κ2) is 5.62. The lowest BCUT2D eigenvalue weighted by Crippen LogP contribution is -2.42. The van der Waals surface area contributed by atoms with Gasteiger partial charge in [0.05, 0.1) is 11.8 Å². The number of hydrazine groups is 1. The second-order valence-electron chi connectivity index (χ2n) is 4.00. The Morgan fingerprint density at radius 2 is 1.81 bits per heavy atom. The number of nitrogens with one attached hydrogen (secondary N) is 2. The number of amides is 1. The lowest BCUT2D eigenvalue weighted by Gasteiger charge is -2.09. The standard InChI is InChI=1S/C12H10F2N2O4S/c1-7-8(5-6-20-7)12(17)15-16-21(18,19)11-9(13)3-2-4-10(11)14/h2-6,16H,1H3,(H,15,17). The summed E-state index contributed by atoms with van der Waals surface area (Å²) in [5, 5.41) is 0. The van der Waals surface area contributed by atoms with Crippen molar-refractivity contribution in [2.75, 3.05) is 0 Å². The van der Waals surface area contributed by atoms with Gasteiger partial charge in [-0.05, 0) is 25.1 Å². The van der Waals surface area contributed by atoms with E-state index in [1.165, 1.54) is 19.3 Å². The fourth-order valence-electron chi connectivity index (χ4n) is 1.59. The van der Waals surface area contributed by atoms with Crippen molar-refractivity contribution < 1.29 is 26.4 Å². The van der Waals surface area contributed by atoms with E-state index in [1.807, 2.05) is 5.43 Å². The van der Waals surface area contributed by atoms with Gasteiger partial charge in [-0.1, -0.05) is 6.07 Å². The Bertz CT molecular complexity index is 766. The van der Waals surface area contributed by atoms with E-state index < -0.39 is 32.5 Å². The highest BCUT2D eigenvalue weighted by Gasteiger charge is 2.24. The van der Waals surface area contributed by atoms with Gasteiger partial charge in [0.1, 0.15) is 17.4 Å². The van der Waals surface area contributed by atoms with Gasteiger partial charge in [-0.15, -0.1) is 4.83 Å². The van der Waals surface area contributed by atoms with E-state index >= 15 is 0 Å². The molecule has 0 aliphatic carbocycles. The average Bonchev–Trinajstić information content (AvgIpc) is 2.82. The number of furan rings is 1. The molecule has 6 nitrogen and oxygen atoms in total. The smallest absolute Gasteiger partial charge is 0.269 e. The van der Waals surface area contributed by atoms with Gasteiger partial charge in [-0.25, -0.2) is 17.2 Å². The molecule has 2 aromatic rings. The second-order valence-corrected chi connectivity index (χ2v) is 5.62. The molecule has 0 aliphatic rings. The number of halogens is 2. The number of carbonyl (C=O) groups excluding carboxylic acids is 1. The summed E-state index contributed by atoms with van der Waals surface area (Å²) in [4.78, 5) is 12.1. The Morgan fingerprint density at radius 3 is 2.33 bits per heavy atom. The molecule has 0 radical (unpaired) electrons. The van der Waals surface area contributed by atoms with E-state index in [4.69, 9.17) is 4.42 Å². The Kier molecular flexibility index (Phi) is 4.05. The molecule has 21 heavy (non-hydrogen) atoms. The molecule has 0 saturated heterocycles. The van der Waals surface area contributed by atoms with Crippen LogP contribution in [0.1, 0.15) is 16.1 Å². The molecule has 1 aromatic heterocycles. The van der Waals surface area contributed by atoms with Crippen LogP contribution in [0.15, 0.2) is 39.8 Å². The van der Waals surface area contributed by atoms with E-state index in [0.29, 0.717) is 0 Å². The number of rotatable bonds is 4. The van der Waals surface area contributed by atoms with Gasteiger partial charge in [-0.3, -0.25) is 10.2 Å². The lowest BCUT2D eigenvalue weighted by atomic mass is 10.2. The first kappa shape index (κ1) is 15.1. The predicted molar refractivity (Wildman–Crippen MR) is 67.6 cm³/mol. The molecule has 0 unspecified atom stereocenters. The Balaban J connectivity index is 2.20. The quantitative estimate of drug-likeness (QED) is 0.837. The first-order chi connectivity index (χ1) is 9.83. The molecule has 1 amide bonds. The molecular formula is C12H10F2N2O4S.